The number of hydrogen-bond acceptors (Lipinski definition) is 3. The van der Waals surface area contributed by atoms with Gasteiger partial charge in [-0.1, -0.05) is 63.0 Å². The second-order valence-electron chi connectivity index (χ2n) is 8.53. The average Bonchev–Trinajstić information content (AvgIpc) is 3.39. The van der Waals surface area contributed by atoms with Gasteiger partial charge in [0.25, 0.3) is 5.91 Å². The molecule has 6 atom stereocenters. The molecule has 7 heteroatoms. The fraction of sp³-hybridized carbons (Fsp3) is 0.375. The summed E-state index contributed by atoms with van der Waals surface area (Å²) in [7, 11) is 0. The van der Waals surface area contributed by atoms with Crippen LogP contribution in [0.2, 0.25) is 0 Å². The molecule has 1 saturated heterocycles. The number of alkyl halides is 2. The molecule has 0 radical (unpaired) electrons. The molecule has 5 nitrogen and oxygen atoms in total. The summed E-state index contributed by atoms with van der Waals surface area (Å²) in [5, 5.41) is 2.95. The van der Waals surface area contributed by atoms with Crippen LogP contribution in [0.5, 0.6) is 0 Å². The molecule has 3 fully saturated rings. The van der Waals surface area contributed by atoms with E-state index < -0.39 is 0 Å². The van der Waals surface area contributed by atoms with E-state index in [0.29, 0.717) is 11.3 Å². The van der Waals surface area contributed by atoms with Crippen LogP contribution in [-0.4, -0.2) is 27.4 Å². The number of amides is 3. The highest BCUT2D eigenvalue weighted by Gasteiger charge is 2.66. The smallest absolute Gasteiger partial charge is 0.255 e. The maximum absolute atomic E-state index is 13.3. The van der Waals surface area contributed by atoms with Gasteiger partial charge in [0.05, 0.1) is 17.5 Å². The van der Waals surface area contributed by atoms with Gasteiger partial charge in [0.2, 0.25) is 11.8 Å². The quantitative estimate of drug-likeness (QED) is 0.444. The molecule has 5 rings (SSSR count). The van der Waals surface area contributed by atoms with Gasteiger partial charge in [-0.05, 0) is 54.5 Å². The van der Waals surface area contributed by atoms with E-state index in [2.05, 4.69) is 37.2 Å². The van der Waals surface area contributed by atoms with E-state index in [0.717, 1.165) is 24.1 Å². The van der Waals surface area contributed by atoms with Crippen molar-refractivity contribution in [2.75, 3.05) is 10.2 Å². The van der Waals surface area contributed by atoms with E-state index in [1.165, 1.54) is 4.90 Å². The largest absolute Gasteiger partial charge is 0.322 e. The Bertz CT molecular complexity index is 1060. The van der Waals surface area contributed by atoms with Crippen molar-refractivity contribution < 1.29 is 14.4 Å². The Kier molecular flexibility index (Phi) is 5.29. The van der Waals surface area contributed by atoms with Crippen molar-refractivity contribution in [2.45, 2.75) is 29.4 Å². The van der Waals surface area contributed by atoms with Crippen molar-refractivity contribution in [3.63, 3.8) is 0 Å². The minimum absolute atomic E-state index is 0.139. The lowest BCUT2D eigenvalue weighted by atomic mass is 9.81. The highest BCUT2D eigenvalue weighted by Crippen LogP contribution is 2.60. The third kappa shape index (κ3) is 3.20. The Morgan fingerprint density at radius 3 is 2.29 bits per heavy atom. The summed E-state index contributed by atoms with van der Waals surface area (Å²) in [6, 6.07) is 14.5. The summed E-state index contributed by atoms with van der Waals surface area (Å²) >= 11 is 7.43. The van der Waals surface area contributed by atoms with Gasteiger partial charge >= 0.3 is 0 Å². The molecule has 0 spiro atoms. The van der Waals surface area contributed by atoms with Crippen LogP contribution >= 0.6 is 31.9 Å². The number of nitrogens with one attached hydrogen (secondary N) is 1. The van der Waals surface area contributed by atoms with Gasteiger partial charge in [0.15, 0.2) is 0 Å². The molecule has 3 amide bonds. The van der Waals surface area contributed by atoms with Crippen LogP contribution in [-0.2, 0) is 16.0 Å². The molecule has 1 heterocycles. The lowest BCUT2D eigenvalue weighted by Gasteiger charge is -2.28. The first-order valence-corrected chi connectivity index (χ1v) is 12.4. The standard InChI is InChI=1S/C24H22Br2N2O3/c1-2-12-6-3-4-9-17(12)27-22(29)13-7-5-8-14(10-13)28-23(30)18-15-11-16(19(18)24(28)31)21(26)20(15)25/h3-10,15-16,18-21H,2,11H2,1H3,(H,27,29)/t15-,16-,18-,19+,20+,21+/m1/s1. The van der Waals surface area contributed by atoms with Gasteiger partial charge in [-0.3, -0.25) is 19.3 Å². The second kappa shape index (κ2) is 7.85. The zero-order valence-electron chi connectivity index (χ0n) is 16.9. The number of para-hydroxylation sites is 1. The molecule has 0 aromatic heterocycles. The normalized spacial score (nSPS) is 31.3. The van der Waals surface area contributed by atoms with Crippen molar-refractivity contribution in [3.05, 3.63) is 59.7 Å². The van der Waals surface area contributed by atoms with Crippen molar-refractivity contribution in [2.24, 2.45) is 23.7 Å². The number of halogens is 2. The number of carbonyl (C=O) groups excluding carboxylic acids is 3. The van der Waals surface area contributed by atoms with E-state index in [1.807, 2.05) is 31.2 Å². The van der Waals surface area contributed by atoms with Gasteiger partial charge in [-0.25, -0.2) is 0 Å². The van der Waals surface area contributed by atoms with Crippen molar-refractivity contribution >= 4 is 61.0 Å². The van der Waals surface area contributed by atoms with Gasteiger partial charge < -0.3 is 5.32 Å². The highest BCUT2D eigenvalue weighted by molar-refractivity contribution is 9.12. The van der Waals surface area contributed by atoms with Crippen LogP contribution < -0.4 is 10.2 Å². The molecule has 3 aliphatic rings. The number of aryl methyl sites for hydroxylation is 1. The summed E-state index contributed by atoms with van der Waals surface area (Å²) < 4.78 is 0. The molecular formula is C24H22Br2N2O3. The van der Waals surface area contributed by atoms with E-state index >= 15 is 0 Å². The number of rotatable bonds is 4. The van der Waals surface area contributed by atoms with Crippen LogP contribution in [0, 0.1) is 23.7 Å². The zero-order valence-corrected chi connectivity index (χ0v) is 20.1. The van der Waals surface area contributed by atoms with Crippen LogP contribution in [0.3, 0.4) is 0 Å². The summed E-state index contributed by atoms with van der Waals surface area (Å²) in [5.74, 6) is -0.756. The first-order chi connectivity index (χ1) is 14.9. The maximum Gasteiger partial charge on any atom is 0.255 e. The zero-order chi connectivity index (χ0) is 21.9. The van der Waals surface area contributed by atoms with E-state index in [9.17, 15) is 14.4 Å². The molecule has 2 aliphatic carbocycles. The summed E-state index contributed by atoms with van der Waals surface area (Å²) in [6.07, 6.45) is 1.70. The molecule has 2 aromatic carbocycles. The topological polar surface area (TPSA) is 66.5 Å². The predicted octanol–water partition coefficient (Wildman–Crippen LogP) is 4.78. The lowest BCUT2D eigenvalue weighted by Crippen LogP contribution is -2.37. The van der Waals surface area contributed by atoms with Crippen LogP contribution in [0.1, 0.15) is 29.3 Å². The number of nitrogens with zero attached hydrogens (tertiary/aromatic N) is 1. The predicted molar refractivity (Wildman–Crippen MR) is 127 cm³/mol. The number of imide groups is 1. The SMILES string of the molecule is CCc1ccccc1NC(=O)c1cccc(N2C(=O)[C@@H]3[C@H]4C[C@@H]([C@H](Br)[C@H]4Br)[C@@H]3C2=O)c1. The summed E-state index contributed by atoms with van der Waals surface area (Å²) in [6.45, 7) is 2.04. The summed E-state index contributed by atoms with van der Waals surface area (Å²) in [5.41, 5.74) is 2.71. The molecule has 31 heavy (non-hydrogen) atoms. The third-order valence-electron chi connectivity index (χ3n) is 7.00. The lowest BCUT2D eigenvalue weighted by molar-refractivity contribution is -0.123. The third-order valence-corrected chi connectivity index (χ3v) is 10.2. The van der Waals surface area contributed by atoms with E-state index in [-0.39, 0.29) is 51.0 Å². The molecule has 1 N–H and O–H groups in total. The van der Waals surface area contributed by atoms with Crippen molar-refractivity contribution in [1.82, 2.24) is 0 Å². The fourth-order valence-corrected chi connectivity index (χ4v) is 7.41. The van der Waals surface area contributed by atoms with Crippen LogP contribution in [0.4, 0.5) is 11.4 Å². The Morgan fingerprint density at radius 1 is 1.00 bits per heavy atom. The molecule has 2 saturated carbocycles. The molecule has 2 bridgehead atoms. The maximum atomic E-state index is 13.3. The Hall–Kier alpha value is -1.99. The summed E-state index contributed by atoms with van der Waals surface area (Å²) in [4.78, 5) is 41.1. The number of benzene rings is 2. The minimum atomic E-state index is -0.274. The first kappa shape index (κ1) is 20.9. The van der Waals surface area contributed by atoms with E-state index in [4.69, 9.17) is 0 Å². The van der Waals surface area contributed by atoms with Gasteiger partial charge in [-0.15, -0.1) is 0 Å². The monoisotopic (exact) mass is 544 g/mol. The fourth-order valence-electron chi connectivity index (χ4n) is 5.53. The number of fused-ring (bicyclic) bond motifs is 5. The Morgan fingerprint density at radius 2 is 1.65 bits per heavy atom. The Balaban J connectivity index is 1.41. The molecule has 160 valence electrons. The van der Waals surface area contributed by atoms with Crippen molar-refractivity contribution in [3.8, 4) is 0 Å². The van der Waals surface area contributed by atoms with Gasteiger partial charge in [-0.2, -0.15) is 0 Å². The molecule has 0 unspecified atom stereocenters. The van der Waals surface area contributed by atoms with Crippen molar-refractivity contribution in [1.29, 1.82) is 0 Å². The number of carbonyl (C=O) groups is 3. The van der Waals surface area contributed by atoms with Gasteiger partial charge in [0.1, 0.15) is 0 Å². The minimum Gasteiger partial charge on any atom is -0.322 e. The van der Waals surface area contributed by atoms with Crippen LogP contribution in [0.25, 0.3) is 0 Å². The number of hydrogen-bond donors (Lipinski definition) is 1. The number of anilines is 2. The molecule has 1 aliphatic heterocycles. The Labute approximate surface area is 197 Å². The average molecular weight is 546 g/mol. The van der Waals surface area contributed by atoms with Crippen LogP contribution in [0.15, 0.2) is 48.5 Å². The second-order valence-corrected chi connectivity index (χ2v) is 10.6. The molecular weight excluding hydrogens is 524 g/mol. The highest BCUT2D eigenvalue weighted by atomic mass is 79.9. The first-order valence-electron chi connectivity index (χ1n) is 10.6. The van der Waals surface area contributed by atoms with E-state index in [1.54, 1.807) is 24.3 Å². The van der Waals surface area contributed by atoms with Gasteiger partial charge in [0, 0.05) is 20.9 Å². The molecule has 2 aromatic rings.